The first-order valence-electron chi connectivity index (χ1n) is 4.79. The van der Waals surface area contributed by atoms with Gasteiger partial charge < -0.3 is 0 Å². The molecule has 14 heavy (non-hydrogen) atoms. The molecule has 0 heterocycles. The van der Waals surface area contributed by atoms with Crippen molar-refractivity contribution in [3.05, 3.63) is 10.4 Å². The van der Waals surface area contributed by atoms with Crippen LogP contribution in [0.1, 0.15) is 32.1 Å². The summed E-state index contributed by atoms with van der Waals surface area (Å²) in [6, 6.07) is 0. The van der Waals surface area contributed by atoms with E-state index in [1.165, 1.54) is 0 Å². The highest BCUT2D eigenvalue weighted by Gasteiger charge is 2.25. The Morgan fingerprint density at radius 1 is 1.50 bits per heavy atom. The number of Topliss-reactive ketones (excluding diaryl/α,β-unsaturated/α-hetero) is 2. The molecule has 76 valence electrons. The van der Waals surface area contributed by atoms with Gasteiger partial charge >= 0.3 is 0 Å². The second-order valence-corrected chi connectivity index (χ2v) is 3.51. The van der Waals surface area contributed by atoms with E-state index in [2.05, 4.69) is 10.0 Å². The van der Waals surface area contributed by atoms with Crippen LogP contribution in [0.2, 0.25) is 0 Å². The summed E-state index contributed by atoms with van der Waals surface area (Å²) in [4.78, 5) is 24.9. The van der Waals surface area contributed by atoms with Gasteiger partial charge in [-0.3, -0.25) is 9.59 Å². The highest BCUT2D eigenvalue weighted by molar-refractivity contribution is 6.02. The smallest absolute Gasteiger partial charge is 0.143 e. The molecule has 0 aromatic carbocycles. The van der Waals surface area contributed by atoms with Gasteiger partial charge in [0.05, 0.1) is 6.42 Å². The molecule has 0 aliphatic heterocycles. The van der Waals surface area contributed by atoms with E-state index in [0.717, 1.165) is 12.8 Å². The Kier molecular flexibility index (Phi) is 4.13. The number of hydrogen-bond acceptors (Lipinski definition) is 3. The molecule has 0 radical (unpaired) electrons. The third-order valence-electron chi connectivity index (χ3n) is 2.47. The monoisotopic (exact) mass is 195 g/mol. The summed E-state index contributed by atoms with van der Waals surface area (Å²) >= 11 is 0. The topological polar surface area (TPSA) is 82.9 Å². The number of nitrogens with zero attached hydrogens (tertiary/aromatic N) is 3. The maximum Gasteiger partial charge on any atom is 0.143 e. The predicted octanol–water partition coefficient (Wildman–Crippen LogP) is 2.02. The summed E-state index contributed by atoms with van der Waals surface area (Å²) in [7, 11) is 0. The minimum Gasteiger partial charge on any atom is -0.299 e. The number of hydrogen-bond donors (Lipinski definition) is 0. The van der Waals surface area contributed by atoms with E-state index in [0.29, 0.717) is 19.4 Å². The van der Waals surface area contributed by atoms with Crippen molar-refractivity contribution in [3.63, 3.8) is 0 Å². The summed E-state index contributed by atoms with van der Waals surface area (Å²) in [6.07, 6.45) is 2.78. The Bertz CT molecular complexity index is 282. The fourth-order valence-electron chi connectivity index (χ4n) is 1.68. The minimum atomic E-state index is 0.0154. The normalized spacial score (nSPS) is 21.9. The highest BCUT2D eigenvalue weighted by atomic mass is 16.1. The average molecular weight is 195 g/mol. The maximum absolute atomic E-state index is 11.3. The van der Waals surface area contributed by atoms with E-state index in [4.69, 9.17) is 5.53 Å². The molecule has 0 aromatic heterocycles. The number of carbonyl (C=O) groups excluding carboxylic acids is 2. The van der Waals surface area contributed by atoms with Crippen molar-refractivity contribution in [1.82, 2.24) is 0 Å². The van der Waals surface area contributed by atoms with Crippen LogP contribution in [0.25, 0.3) is 10.4 Å². The lowest BCUT2D eigenvalue weighted by Crippen LogP contribution is -2.24. The predicted molar refractivity (Wildman–Crippen MR) is 50.6 cm³/mol. The van der Waals surface area contributed by atoms with Gasteiger partial charge in [0.25, 0.3) is 0 Å². The van der Waals surface area contributed by atoms with E-state index in [1.807, 2.05) is 0 Å². The molecule has 1 fully saturated rings. The zero-order valence-electron chi connectivity index (χ0n) is 7.98. The Hall–Kier alpha value is -1.35. The standard InChI is InChI=1S/C9H13N3O2/c10-12-11-5-1-2-7-3-4-8(13)6-9(7)14/h7H,1-6H2/t7-/m0/s1. The van der Waals surface area contributed by atoms with Crippen LogP contribution in [0.3, 0.4) is 0 Å². The molecule has 1 aliphatic rings. The number of azide groups is 1. The summed E-state index contributed by atoms with van der Waals surface area (Å²) in [6.45, 7) is 0.439. The SMILES string of the molecule is [N-]=[N+]=NCCC[C@H]1CCC(=O)CC1=O. The fraction of sp³-hybridized carbons (Fsp3) is 0.778. The van der Waals surface area contributed by atoms with Crippen molar-refractivity contribution in [1.29, 1.82) is 0 Å². The molecule has 1 rings (SSSR count). The van der Waals surface area contributed by atoms with Crippen LogP contribution >= 0.6 is 0 Å². The Labute approximate surface area is 82.1 Å². The van der Waals surface area contributed by atoms with Crippen molar-refractivity contribution >= 4 is 11.6 Å². The van der Waals surface area contributed by atoms with E-state index in [-0.39, 0.29) is 23.9 Å². The summed E-state index contributed by atoms with van der Waals surface area (Å²) in [5.74, 6) is 0.130. The largest absolute Gasteiger partial charge is 0.299 e. The van der Waals surface area contributed by atoms with Gasteiger partial charge in [0.2, 0.25) is 0 Å². The van der Waals surface area contributed by atoms with Gasteiger partial charge in [-0.2, -0.15) is 0 Å². The molecule has 1 aliphatic carbocycles. The third kappa shape index (κ3) is 3.18. The van der Waals surface area contributed by atoms with Gasteiger partial charge in [0, 0.05) is 23.8 Å². The molecule has 0 amide bonds. The van der Waals surface area contributed by atoms with Crippen LogP contribution < -0.4 is 0 Å². The van der Waals surface area contributed by atoms with E-state index < -0.39 is 0 Å². The molecule has 0 N–H and O–H groups in total. The Morgan fingerprint density at radius 3 is 2.93 bits per heavy atom. The van der Waals surface area contributed by atoms with Crippen LogP contribution in [0.15, 0.2) is 5.11 Å². The van der Waals surface area contributed by atoms with Gasteiger partial charge in [-0.1, -0.05) is 5.11 Å². The van der Waals surface area contributed by atoms with Crippen molar-refractivity contribution < 1.29 is 9.59 Å². The molecule has 0 saturated heterocycles. The molecule has 0 unspecified atom stereocenters. The molecular weight excluding hydrogens is 182 g/mol. The number of ketones is 2. The van der Waals surface area contributed by atoms with Crippen molar-refractivity contribution in [3.8, 4) is 0 Å². The van der Waals surface area contributed by atoms with Gasteiger partial charge in [0.1, 0.15) is 11.6 Å². The number of rotatable bonds is 4. The van der Waals surface area contributed by atoms with Crippen LogP contribution in [0.4, 0.5) is 0 Å². The number of carbonyl (C=O) groups is 2. The van der Waals surface area contributed by atoms with E-state index >= 15 is 0 Å². The molecule has 5 heteroatoms. The van der Waals surface area contributed by atoms with Gasteiger partial charge in [-0.05, 0) is 24.8 Å². The summed E-state index contributed by atoms with van der Waals surface area (Å²) < 4.78 is 0. The van der Waals surface area contributed by atoms with Crippen LogP contribution in [-0.4, -0.2) is 18.1 Å². The highest BCUT2D eigenvalue weighted by Crippen LogP contribution is 2.22. The lowest BCUT2D eigenvalue weighted by atomic mass is 9.84. The van der Waals surface area contributed by atoms with Gasteiger partial charge in [0.15, 0.2) is 0 Å². The molecule has 5 nitrogen and oxygen atoms in total. The quantitative estimate of drug-likeness (QED) is 0.226. The second-order valence-electron chi connectivity index (χ2n) is 3.51. The molecule has 0 bridgehead atoms. The van der Waals surface area contributed by atoms with Gasteiger partial charge in [-0.15, -0.1) is 0 Å². The first kappa shape index (κ1) is 10.7. The molecular formula is C9H13N3O2. The van der Waals surface area contributed by atoms with Crippen molar-refractivity contribution in [2.75, 3.05) is 6.54 Å². The second kappa shape index (κ2) is 5.40. The lowest BCUT2D eigenvalue weighted by Gasteiger charge is -2.18. The Morgan fingerprint density at radius 2 is 2.29 bits per heavy atom. The summed E-state index contributed by atoms with van der Waals surface area (Å²) in [5, 5.41) is 3.40. The van der Waals surface area contributed by atoms with Gasteiger partial charge in [-0.25, -0.2) is 0 Å². The molecule has 1 atom stereocenters. The van der Waals surface area contributed by atoms with Crippen LogP contribution in [-0.2, 0) is 9.59 Å². The zero-order chi connectivity index (χ0) is 10.4. The maximum atomic E-state index is 11.3. The lowest BCUT2D eigenvalue weighted by molar-refractivity contribution is -0.132. The van der Waals surface area contributed by atoms with Crippen LogP contribution in [0.5, 0.6) is 0 Å². The summed E-state index contributed by atoms with van der Waals surface area (Å²) in [5.41, 5.74) is 8.04. The minimum absolute atomic E-state index is 0.0154. The average Bonchev–Trinajstić information content (AvgIpc) is 2.15. The first-order chi connectivity index (χ1) is 6.74. The first-order valence-corrected chi connectivity index (χ1v) is 4.79. The third-order valence-corrected chi connectivity index (χ3v) is 2.47. The fourth-order valence-corrected chi connectivity index (χ4v) is 1.68. The molecule has 0 aromatic rings. The van der Waals surface area contributed by atoms with Crippen LogP contribution in [0, 0.1) is 5.92 Å². The zero-order valence-corrected chi connectivity index (χ0v) is 7.98. The molecule has 0 spiro atoms. The van der Waals surface area contributed by atoms with Crippen molar-refractivity contribution in [2.45, 2.75) is 32.1 Å². The molecule has 1 saturated carbocycles. The Balaban J connectivity index is 2.27. The van der Waals surface area contributed by atoms with E-state index in [1.54, 1.807) is 0 Å². The van der Waals surface area contributed by atoms with Crippen molar-refractivity contribution in [2.24, 2.45) is 11.0 Å². The van der Waals surface area contributed by atoms with E-state index in [9.17, 15) is 9.59 Å².